The van der Waals surface area contributed by atoms with Crippen molar-refractivity contribution in [2.45, 2.75) is 18.8 Å². The first kappa shape index (κ1) is 13.4. The Hall–Kier alpha value is -1.25. The molecule has 0 unspecified atom stereocenters. The van der Waals surface area contributed by atoms with Crippen molar-refractivity contribution in [3.05, 3.63) is 66.2 Å². The monoisotopic (exact) mass is 299 g/mol. The van der Waals surface area contributed by atoms with E-state index in [0.717, 1.165) is 19.6 Å². The second kappa shape index (κ2) is 5.86. The predicted molar refractivity (Wildman–Crippen MR) is 84.5 cm³/mol. The lowest BCUT2D eigenvalue weighted by Crippen LogP contribution is -2.22. The highest BCUT2D eigenvalue weighted by Gasteiger charge is 2.44. The smallest absolute Gasteiger partial charge is 0.205 e. The molecular formula is C17H18NO2P. The van der Waals surface area contributed by atoms with Crippen LogP contribution in [0.5, 0.6) is 0 Å². The second-order valence-corrected chi connectivity index (χ2v) is 7.01. The molecule has 4 rings (SSSR count). The van der Waals surface area contributed by atoms with E-state index in [1.807, 2.05) is 18.2 Å². The lowest BCUT2D eigenvalue weighted by Gasteiger charge is -2.18. The number of fused-ring (bicyclic) bond motifs is 1. The molecule has 0 saturated carbocycles. The van der Waals surface area contributed by atoms with Gasteiger partial charge < -0.3 is 9.05 Å². The normalized spacial score (nSPS) is 26.1. The highest BCUT2D eigenvalue weighted by atomic mass is 31.2. The molecule has 0 spiro atoms. The van der Waals surface area contributed by atoms with E-state index in [2.05, 4.69) is 47.4 Å². The minimum absolute atomic E-state index is 0.222. The third-order valence-electron chi connectivity index (χ3n) is 3.97. The quantitative estimate of drug-likeness (QED) is 0.813. The van der Waals surface area contributed by atoms with Crippen molar-refractivity contribution < 1.29 is 9.05 Å². The highest BCUT2D eigenvalue weighted by molar-refractivity contribution is 7.56. The Morgan fingerprint density at radius 3 is 2.05 bits per heavy atom. The Labute approximate surface area is 126 Å². The fourth-order valence-electron chi connectivity index (χ4n) is 2.93. The van der Waals surface area contributed by atoms with E-state index in [0.29, 0.717) is 0 Å². The molecule has 108 valence electrons. The van der Waals surface area contributed by atoms with Crippen LogP contribution in [0.1, 0.15) is 5.56 Å². The summed E-state index contributed by atoms with van der Waals surface area (Å²) in [6, 6.07) is 20.9. The number of hydrogen-bond acceptors (Lipinski definition) is 3. The zero-order chi connectivity index (χ0) is 14.1. The van der Waals surface area contributed by atoms with Gasteiger partial charge in [-0.05, 0) is 17.7 Å². The summed E-state index contributed by atoms with van der Waals surface area (Å²) in [5, 5.41) is 1.18. The molecule has 0 bridgehead atoms. The molecule has 0 amide bonds. The number of nitrogens with zero attached hydrogens (tertiary/aromatic N) is 1. The van der Waals surface area contributed by atoms with Gasteiger partial charge in [0, 0.05) is 24.9 Å². The van der Waals surface area contributed by atoms with Crippen molar-refractivity contribution in [3.8, 4) is 0 Å². The standard InChI is InChI=1S/C17H18NO2P/c1-3-7-14(8-4-1)11-18-12-16-17(13-18)20-21(19-16)15-9-5-2-6-10-15/h1-10,16-17H,11-13H2/t16-,17-/m1/s1. The molecule has 2 aromatic carbocycles. The van der Waals surface area contributed by atoms with E-state index in [1.54, 1.807) is 0 Å². The predicted octanol–water partition coefficient (Wildman–Crippen LogP) is 2.92. The SMILES string of the molecule is c1ccc(CN2C[C@H]3OP(c4ccccc4)O[C@@H]3C2)cc1. The maximum absolute atomic E-state index is 6.14. The molecule has 2 aromatic rings. The van der Waals surface area contributed by atoms with Gasteiger partial charge in [0.15, 0.2) is 0 Å². The lowest BCUT2D eigenvalue weighted by molar-refractivity contribution is 0.205. The maximum atomic E-state index is 6.14. The minimum atomic E-state index is -0.878. The Bertz CT molecular complexity index is 578. The summed E-state index contributed by atoms with van der Waals surface area (Å²) in [5.41, 5.74) is 1.35. The van der Waals surface area contributed by atoms with Crippen LogP contribution in [-0.2, 0) is 15.6 Å². The fraction of sp³-hybridized carbons (Fsp3) is 0.294. The molecule has 0 aromatic heterocycles. The van der Waals surface area contributed by atoms with Gasteiger partial charge in [-0.2, -0.15) is 0 Å². The third kappa shape index (κ3) is 2.88. The first-order valence-electron chi connectivity index (χ1n) is 7.33. The van der Waals surface area contributed by atoms with Crippen LogP contribution in [0.15, 0.2) is 60.7 Å². The highest BCUT2D eigenvalue weighted by Crippen LogP contribution is 2.49. The van der Waals surface area contributed by atoms with Crippen LogP contribution < -0.4 is 5.30 Å². The van der Waals surface area contributed by atoms with Gasteiger partial charge in [0.05, 0.1) is 0 Å². The number of benzene rings is 2. The zero-order valence-electron chi connectivity index (χ0n) is 11.8. The second-order valence-electron chi connectivity index (χ2n) is 5.56. The van der Waals surface area contributed by atoms with E-state index >= 15 is 0 Å². The summed E-state index contributed by atoms with van der Waals surface area (Å²) in [6.07, 6.45) is 0.444. The van der Waals surface area contributed by atoms with Crippen LogP contribution in [0.2, 0.25) is 0 Å². The summed E-state index contributed by atoms with van der Waals surface area (Å²) in [5.74, 6) is 0. The van der Waals surface area contributed by atoms with Gasteiger partial charge in [-0.25, -0.2) is 0 Å². The molecule has 2 heterocycles. The summed E-state index contributed by atoms with van der Waals surface area (Å²) in [6.45, 7) is 2.90. The molecule has 2 atom stereocenters. The molecule has 4 heteroatoms. The van der Waals surface area contributed by atoms with Gasteiger partial charge in [-0.1, -0.05) is 48.5 Å². The molecule has 21 heavy (non-hydrogen) atoms. The Kier molecular flexibility index (Phi) is 3.74. The molecule has 0 aliphatic carbocycles. The zero-order valence-corrected chi connectivity index (χ0v) is 12.7. The van der Waals surface area contributed by atoms with E-state index in [9.17, 15) is 0 Å². The minimum Gasteiger partial charge on any atom is -0.323 e. The van der Waals surface area contributed by atoms with Gasteiger partial charge in [0.1, 0.15) is 12.2 Å². The van der Waals surface area contributed by atoms with Crippen molar-refractivity contribution in [1.29, 1.82) is 0 Å². The number of rotatable bonds is 3. The largest absolute Gasteiger partial charge is 0.323 e. The van der Waals surface area contributed by atoms with E-state index in [4.69, 9.17) is 9.05 Å². The van der Waals surface area contributed by atoms with Crippen molar-refractivity contribution >= 4 is 13.7 Å². The van der Waals surface area contributed by atoms with Gasteiger partial charge >= 0.3 is 0 Å². The average molecular weight is 299 g/mol. The molecule has 3 nitrogen and oxygen atoms in total. The topological polar surface area (TPSA) is 21.7 Å². The summed E-state index contributed by atoms with van der Waals surface area (Å²) in [4.78, 5) is 2.42. The average Bonchev–Trinajstić information content (AvgIpc) is 3.07. The van der Waals surface area contributed by atoms with Crippen molar-refractivity contribution in [2.75, 3.05) is 13.1 Å². The molecule has 2 aliphatic rings. The molecule has 2 aliphatic heterocycles. The van der Waals surface area contributed by atoms with Crippen LogP contribution in [0, 0.1) is 0 Å². The van der Waals surface area contributed by atoms with Gasteiger partial charge in [-0.15, -0.1) is 0 Å². The Balaban J connectivity index is 1.37. The van der Waals surface area contributed by atoms with E-state index in [-0.39, 0.29) is 12.2 Å². The summed E-state index contributed by atoms with van der Waals surface area (Å²) >= 11 is 0. The van der Waals surface area contributed by atoms with Crippen molar-refractivity contribution in [1.82, 2.24) is 4.90 Å². The van der Waals surface area contributed by atoms with Gasteiger partial charge in [0.2, 0.25) is 8.38 Å². The molecule has 2 fully saturated rings. The maximum Gasteiger partial charge on any atom is 0.205 e. The van der Waals surface area contributed by atoms with Gasteiger partial charge in [-0.3, -0.25) is 4.90 Å². The Morgan fingerprint density at radius 2 is 1.43 bits per heavy atom. The van der Waals surface area contributed by atoms with Crippen LogP contribution in [-0.4, -0.2) is 30.2 Å². The van der Waals surface area contributed by atoms with Crippen LogP contribution >= 0.6 is 8.38 Å². The van der Waals surface area contributed by atoms with Crippen molar-refractivity contribution in [2.24, 2.45) is 0 Å². The third-order valence-corrected chi connectivity index (χ3v) is 5.61. The first-order chi connectivity index (χ1) is 10.4. The molecule has 0 N–H and O–H groups in total. The van der Waals surface area contributed by atoms with Crippen LogP contribution in [0.4, 0.5) is 0 Å². The lowest BCUT2D eigenvalue weighted by atomic mass is 10.2. The summed E-state index contributed by atoms with van der Waals surface area (Å²) in [7, 11) is -0.878. The number of hydrogen-bond donors (Lipinski definition) is 0. The van der Waals surface area contributed by atoms with E-state index in [1.165, 1.54) is 10.9 Å². The van der Waals surface area contributed by atoms with Gasteiger partial charge in [0.25, 0.3) is 0 Å². The molecule has 2 saturated heterocycles. The Morgan fingerprint density at radius 1 is 0.857 bits per heavy atom. The fourth-order valence-corrected chi connectivity index (χ4v) is 4.54. The first-order valence-corrected chi connectivity index (χ1v) is 8.51. The van der Waals surface area contributed by atoms with Crippen molar-refractivity contribution in [3.63, 3.8) is 0 Å². The van der Waals surface area contributed by atoms with E-state index < -0.39 is 8.38 Å². The van der Waals surface area contributed by atoms with Crippen LogP contribution in [0.3, 0.4) is 0 Å². The molecular weight excluding hydrogens is 281 g/mol. The number of likely N-dealkylation sites (tertiary alicyclic amines) is 1. The molecule has 0 radical (unpaired) electrons. The van der Waals surface area contributed by atoms with Crippen LogP contribution in [0.25, 0.3) is 0 Å². The summed E-state index contributed by atoms with van der Waals surface area (Å²) < 4.78 is 12.3.